The lowest BCUT2D eigenvalue weighted by Gasteiger charge is -2.52. The summed E-state index contributed by atoms with van der Waals surface area (Å²) >= 11 is 0. The minimum Gasteiger partial charge on any atom is -0.454 e. The molecule has 4 N–H and O–H groups in total. The summed E-state index contributed by atoms with van der Waals surface area (Å²) in [5, 5.41) is 6.63. The lowest BCUT2D eigenvalue weighted by Crippen LogP contribution is -2.63. The van der Waals surface area contributed by atoms with Gasteiger partial charge in [-0.1, -0.05) is 27.2 Å². The highest BCUT2D eigenvalue weighted by Gasteiger charge is 2.49. The van der Waals surface area contributed by atoms with E-state index in [0.29, 0.717) is 24.3 Å². The van der Waals surface area contributed by atoms with Crippen molar-refractivity contribution in [3.8, 4) is 0 Å². The summed E-state index contributed by atoms with van der Waals surface area (Å²) in [5.41, 5.74) is 5.24. The van der Waals surface area contributed by atoms with E-state index in [1.807, 2.05) is 0 Å². The molecule has 0 aliphatic heterocycles. The number of guanidine groups is 1. The van der Waals surface area contributed by atoms with E-state index in [2.05, 4.69) is 36.4 Å². The normalized spacial score (nSPS) is 22.3. The third-order valence-corrected chi connectivity index (χ3v) is 4.86. The number of unbranched alkanes of at least 4 members (excludes halogenated alkanes) is 1. The number of aliphatic imine (C=N–C) groups is 1. The van der Waals surface area contributed by atoms with Crippen LogP contribution in [0.4, 0.5) is 0 Å². The van der Waals surface area contributed by atoms with E-state index in [0.717, 1.165) is 25.9 Å². The van der Waals surface area contributed by atoms with Gasteiger partial charge in [-0.15, -0.1) is 0 Å². The van der Waals surface area contributed by atoms with Crippen molar-refractivity contribution in [1.29, 1.82) is 0 Å². The van der Waals surface area contributed by atoms with Gasteiger partial charge in [0, 0.05) is 25.1 Å². The molecule has 1 fully saturated rings. The Morgan fingerprint density at radius 2 is 2.24 bits per heavy atom. The molecule has 0 saturated heterocycles. The van der Waals surface area contributed by atoms with Gasteiger partial charge < -0.3 is 25.5 Å². The molecule has 1 saturated carbocycles. The molecule has 2 rings (SSSR count). The molecule has 25 heavy (non-hydrogen) atoms. The van der Waals surface area contributed by atoms with Crippen LogP contribution in [0.15, 0.2) is 21.5 Å². The van der Waals surface area contributed by atoms with Crippen molar-refractivity contribution in [3.63, 3.8) is 0 Å². The standard InChI is InChI=1S/C18H30N4O3/c1-5-6-9-24-15-10-14(18(15,2)3)22-17(20-4)21-11-12-7-8-13(25-12)16(19)23/h7-8,14-15H,5-6,9-11H2,1-4H3,(H2,19,23)(H2,20,21,22). The second kappa shape index (κ2) is 8.38. The first-order valence-electron chi connectivity index (χ1n) is 8.85. The Kier molecular flexibility index (Phi) is 6.47. The molecule has 2 atom stereocenters. The summed E-state index contributed by atoms with van der Waals surface area (Å²) in [7, 11) is 1.73. The summed E-state index contributed by atoms with van der Waals surface area (Å²) in [4.78, 5) is 15.3. The average molecular weight is 350 g/mol. The highest BCUT2D eigenvalue weighted by molar-refractivity contribution is 5.89. The molecule has 1 aliphatic carbocycles. The summed E-state index contributed by atoms with van der Waals surface area (Å²) in [6, 6.07) is 3.59. The Morgan fingerprint density at radius 1 is 1.48 bits per heavy atom. The van der Waals surface area contributed by atoms with Crippen LogP contribution in [0.5, 0.6) is 0 Å². The molecule has 7 nitrogen and oxygen atoms in total. The molecule has 1 amide bonds. The molecule has 0 aromatic carbocycles. The zero-order chi connectivity index (χ0) is 18.4. The third-order valence-electron chi connectivity index (χ3n) is 4.86. The van der Waals surface area contributed by atoms with Gasteiger partial charge in [0.05, 0.1) is 12.6 Å². The van der Waals surface area contributed by atoms with Crippen LogP contribution in [-0.2, 0) is 11.3 Å². The van der Waals surface area contributed by atoms with E-state index in [9.17, 15) is 4.79 Å². The number of nitrogens with two attached hydrogens (primary N) is 1. The second-order valence-corrected chi connectivity index (χ2v) is 7.02. The first kappa shape index (κ1) is 19.3. The Balaban J connectivity index is 1.81. The lowest BCUT2D eigenvalue weighted by molar-refractivity contribution is -0.113. The third kappa shape index (κ3) is 4.75. The SMILES string of the molecule is CCCCOC1CC(NC(=NC)NCc2ccc(C(N)=O)o2)C1(C)C. The number of hydrogen-bond acceptors (Lipinski definition) is 4. The summed E-state index contributed by atoms with van der Waals surface area (Å²) < 4.78 is 11.3. The summed E-state index contributed by atoms with van der Waals surface area (Å²) in [6.07, 6.45) is 3.49. The zero-order valence-electron chi connectivity index (χ0n) is 15.6. The highest BCUT2D eigenvalue weighted by atomic mass is 16.5. The van der Waals surface area contributed by atoms with E-state index < -0.39 is 5.91 Å². The maximum atomic E-state index is 11.1. The molecule has 2 unspecified atom stereocenters. The Morgan fingerprint density at radius 3 is 2.80 bits per heavy atom. The van der Waals surface area contributed by atoms with Crippen molar-refractivity contribution in [1.82, 2.24) is 10.6 Å². The Labute approximate surface area is 149 Å². The van der Waals surface area contributed by atoms with Crippen molar-refractivity contribution in [2.45, 2.75) is 58.7 Å². The number of carbonyl (C=O) groups is 1. The molecule has 1 aromatic heterocycles. The maximum absolute atomic E-state index is 11.1. The van der Waals surface area contributed by atoms with Gasteiger partial charge in [0.25, 0.3) is 5.91 Å². The number of ether oxygens (including phenoxy) is 1. The fraction of sp³-hybridized carbons (Fsp3) is 0.667. The van der Waals surface area contributed by atoms with Crippen molar-refractivity contribution in [2.24, 2.45) is 16.1 Å². The predicted molar refractivity (Wildman–Crippen MR) is 97.4 cm³/mol. The monoisotopic (exact) mass is 350 g/mol. The molecule has 0 radical (unpaired) electrons. The van der Waals surface area contributed by atoms with Gasteiger partial charge in [-0.3, -0.25) is 9.79 Å². The number of amides is 1. The second-order valence-electron chi connectivity index (χ2n) is 7.02. The van der Waals surface area contributed by atoms with E-state index in [1.54, 1.807) is 19.2 Å². The van der Waals surface area contributed by atoms with Crippen LogP contribution < -0.4 is 16.4 Å². The quantitative estimate of drug-likeness (QED) is 0.378. The van der Waals surface area contributed by atoms with Crippen LogP contribution in [-0.4, -0.2) is 37.7 Å². The van der Waals surface area contributed by atoms with Crippen LogP contribution in [0.25, 0.3) is 0 Å². The fourth-order valence-electron chi connectivity index (χ4n) is 2.92. The Hall–Kier alpha value is -2.02. The number of carbonyl (C=O) groups excluding carboxylic acids is 1. The molecule has 7 heteroatoms. The van der Waals surface area contributed by atoms with E-state index >= 15 is 0 Å². The zero-order valence-corrected chi connectivity index (χ0v) is 15.6. The predicted octanol–water partition coefficient (Wildman–Crippen LogP) is 2.03. The molecule has 0 spiro atoms. The van der Waals surface area contributed by atoms with Gasteiger partial charge in [-0.25, -0.2) is 0 Å². The van der Waals surface area contributed by atoms with Crippen molar-refractivity contribution in [2.75, 3.05) is 13.7 Å². The number of nitrogens with one attached hydrogen (secondary N) is 2. The van der Waals surface area contributed by atoms with Gasteiger partial charge in [0.15, 0.2) is 11.7 Å². The van der Waals surface area contributed by atoms with Gasteiger partial charge in [0.2, 0.25) is 0 Å². The fourth-order valence-corrected chi connectivity index (χ4v) is 2.92. The molecule has 1 aliphatic rings. The first-order valence-corrected chi connectivity index (χ1v) is 8.85. The largest absolute Gasteiger partial charge is 0.454 e. The van der Waals surface area contributed by atoms with Crippen molar-refractivity contribution < 1.29 is 13.9 Å². The average Bonchev–Trinajstić information content (AvgIpc) is 3.05. The Bertz CT molecular complexity index is 609. The highest BCUT2D eigenvalue weighted by Crippen LogP contribution is 2.42. The minimum atomic E-state index is -0.570. The molecule has 1 aromatic rings. The number of rotatable bonds is 8. The number of hydrogen-bond donors (Lipinski definition) is 3. The van der Waals surface area contributed by atoms with Gasteiger partial charge >= 0.3 is 0 Å². The topological polar surface area (TPSA) is 102 Å². The molecule has 140 valence electrons. The lowest BCUT2D eigenvalue weighted by atomic mass is 9.64. The van der Waals surface area contributed by atoms with E-state index in [-0.39, 0.29) is 17.3 Å². The van der Waals surface area contributed by atoms with E-state index in [4.69, 9.17) is 14.9 Å². The molecular weight excluding hydrogens is 320 g/mol. The van der Waals surface area contributed by atoms with Gasteiger partial charge in [-0.2, -0.15) is 0 Å². The smallest absolute Gasteiger partial charge is 0.284 e. The molecular formula is C18H30N4O3. The van der Waals surface area contributed by atoms with Gasteiger partial charge in [0.1, 0.15) is 5.76 Å². The number of furan rings is 1. The first-order chi connectivity index (χ1) is 11.9. The van der Waals surface area contributed by atoms with Crippen LogP contribution in [0.1, 0.15) is 56.3 Å². The van der Waals surface area contributed by atoms with Crippen LogP contribution in [0, 0.1) is 5.41 Å². The molecule has 1 heterocycles. The maximum Gasteiger partial charge on any atom is 0.284 e. The van der Waals surface area contributed by atoms with Gasteiger partial charge in [-0.05, 0) is 25.0 Å². The molecule has 0 bridgehead atoms. The summed E-state index contributed by atoms with van der Waals surface area (Å²) in [6.45, 7) is 7.84. The van der Waals surface area contributed by atoms with Crippen LogP contribution in [0.3, 0.4) is 0 Å². The van der Waals surface area contributed by atoms with Crippen molar-refractivity contribution in [3.05, 3.63) is 23.7 Å². The minimum absolute atomic E-state index is 0.0508. The summed E-state index contributed by atoms with van der Waals surface area (Å²) in [5.74, 6) is 0.915. The van der Waals surface area contributed by atoms with E-state index in [1.165, 1.54) is 0 Å². The number of nitrogens with zero attached hydrogens (tertiary/aromatic N) is 1. The number of primary amides is 1. The van der Waals surface area contributed by atoms with Crippen LogP contribution >= 0.6 is 0 Å². The van der Waals surface area contributed by atoms with Crippen LogP contribution in [0.2, 0.25) is 0 Å². The van der Waals surface area contributed by atoms with Crippen molar-refractivity contribution >= 4 is 11.9 Å².